The van der Waals surface area contributed by atoms with Gasteiger partial charge in [-0.1, -0.05) is 12.1 Å². The van der Waals surface area contributed by atoms with Crippen molar-refractivity contribution in [2.75, 3.05) is 20.8 Å². The summed E-state index contributed by atoms with van der Waals surface area (Å²) in [4.78, 5) is 15.5. The molecule has 0 bridgehead atoms. The molecule has 11 heteroatoms. The molecule has 4 rings (SSSR count). The standard InChI is InChI=1S/C26H23F4NO6/c1-13(25(33)35-3)23(32)14-4-9-20-21(10-14)37-22(12-36-20)16-6-8-19(31-24(16)26(28,29)30)17-11-15(34-2)5-7-18(17)27/h4-11,13,22-23,32H,12H2,1-3H3/t13-,22-,23+/m0/s1. The molecule has 2 aromatic carbocycles. The Labute approximate surface area is 209 Å². The summed E-state index contributed by atoms with van der Waals surface area (Å²) in [7, 11) is 2.55. The molecule has 0 unspecified atom stereocenters. The van der Waals surface area contributed by atoms with Gasteiger partial charge in [0.1, 0.15) is 18.2 Å². The number of hydrogen-bond donors (Lipinski definition) is 1. The fourth-order valence-electron chi connectivity index (χ4n) is 3.96. The fourth-order valence-corrected chi connectivity index (χ4v) is 3.96. The van der Waals surface area contributed by atoms with Crippen molar-refractivity contribution in [1.29, 1.82) is 0 Å². The van der Waals surface area contributed by atoms with Gasteiger partial charge in [-0.15, -0.1) is 0 Å². The predicted molar refractivity (Wildman–Crippen MR) is 123 cm³/mol. The molecule has 0 fully saturated rings. The zero-order valence-electron chi connectivity index (χ0n) is 20.0. The Balaban J connectivity index is 1.69. The van der Waals surface area contributed by atoms with Gasteiger partial charge in [-0.2, -0.15) is 13.2 Å². The molecule has 7 nitrogen and oxygen atoms in total. The van der Waals surface area contributed by atoms with E-state index in [1.807, 2.05) is 0 Å². The highest BCUT2D eigenvalue weighted by atomic mass is 19.4. The van der Waals surface area contributed by atoms with Crippen molar-refractivity contribution in [2.45, 2.75) is 25.3 Å². The number of hydrogen-bond acceptors (Lipinski definition) is 7. The first-order valence-electron chi connectivity index (χ1n) is 11.1. The van der Waals surface area contributed by atoms with Crippen molar-refractivity contribution in [1.82, 2.24) is 4.98 Å². The largest absolute Gasteiger partial charge is 0.497 e. The van der Waals surface area contributed by atoms with Crippen LogP contribution in [-0.4, -0.2) is 36.9 Å². The Morgan fingerprint density at radius 1 is 1.11 bits per heavy atom. The zero-order valence-corrected chi connectivity index (χ0v) is 20.0. The second-order valence-corrected chi connectivity index (χ2v) is 8.36. The third kappa shape index (κ3) is 5.31. The smallest absolute Gasteiger partial charge is 0.433 e. The number of pyridine rings is 1. The highest BCUT2D eigenvalue weighted by molar-refractivity contribution is 5.73. The summed E-state index contributed by atoms with van der Waals surface area (Å²) in [6.45, 7) is 1.23. The number of alkyl halides is 3. The lowest BCUT2D eigenvalue weighted by molar-refractivity contribution is -0.148. The normalized spacial score (nSPS) is 16.6. The minimum atomic E-state index is -4.88. The maximum Gasteiger partial charge on any atom is 0.433 e. The summed E-state index contributed by atoms with van der Waals surface area (Å²) in [6, 6.07) is 10.5. The van der Waals surface area contributed by atoms with E-state index in [9.17, 15) is 27.5 Å². The van der Waals surface area contributed by atoms with Crippen LogP contribution in [0.25, 0.3) is 11.3 Å². The van der Waals surface area contributed by atoms with E-state index in [1.54, 1.807) is 0 Å². The third-order valence-corrected chi connectivity index (χ3v) is 6.01. The number of ether oxygens (including phenoxy) is 4. The number of carbonyl (C=O) groups is 1. The Kier molecular flexibility index (Phi) is 7.26. The number of fused-ring (bicyclic) bond motifs is 1. The first kappa shape index (κ1) is 26.2. The molecular formula is C26H23F4NO6. The van der Waals surface area contributed by atoms with E-state index in [0.717, 1.165) is 6.07 Å². The Morgan fingerprint density at radius 2 is 1.86 bits per heavy atom. The van der Waals surface area contributed by atoms with Crippen LogP contribution in [0.3, 0.4) is 0 Å². The van der Waals surface area contributed by atoms with E-state index in [4.69, 9.17) is 14.2 Å². The molecule has 0 saturated carbocycles. The second kappa shape index (κ2) is 10.3. The Morgan fingerprint density at radius 3 is 2.54 bits per heavy atom. The minimum Gasteiger partial charge on any atom is -0.497 e. The van der Waals surface area contributed by atoms with E-state index >= 15 is 0 Å². The molecular weight excluding hydrogens is 498 g/mol. The van der Waals surface area contributed by atoms with Crippen LogP contribution in [0.1, 0.15) is 36.0 Å². The van der Waals surface area contributed by atoms with Gasteiger partial charge in [0.2, 0.25) is 0 Å². The molecule has 196 valence electrons. The maximum atomic E-state index is 14.4. The Bertz CT molecular complexity index is 1310. The highest BCUT2D eigenvalue weighted by Gasteiger charge is 2.40. The number of methoxy groups -OCH3 is 2. The predicted octanol–water partition coefficient (Wildman–Crippen LogP) is 5.27. The number of halogens is 4. The molecule has 0 amide bonds. The lowest BCUT2D eigenvalue weighted by Crippen LogP contribution is -2.26. The number of benzene rings is 2. The number of esters is 1. The van der Waals surface area contributed by atoms with Crippen molar-refractivity contribution in [3.63, 3.8) is 0 Å². The van der Waals surface area contributed by atoms with E-state index in [1.165, 1.54) is 63.6 Å². The van der Waals surface area contributed by atoms with Crippen molar-refractivity contribution >= 4 is 5.97 Å². The van der Waals surface area contributed by atoms with Crippen LogP contribution < -0.4 is 14.2 Å². The number of nitrogens with zero attached hydrogens (tertiary/aromatic N) is 1. The first-order chi connectivity index (χ1) is 17.5. The van der Waals surface area contributed by atoms with E-state index in [0.29, 0.717) is 5.56 Å². The molecule has 2 heterocycles. The fraction of sp³-hybridized carbons (Fsp3) is 0.308. The SMILES string of the molecule is COC(=O)[C@@H](C)[C@@H](O)c1ccc2c(c1)O[C@H](c1ccc(-c3cc(OC)ccc3F)nc1C(F)(F)F)CO2. The Hall–Kier alpha value is -3.86. The molecule has 3 aromatic rings. The molecule has 37 heavy (non-hydrogen) atoms. The molecule has 1 aromatic heterocycles. The first-order valence-corrected chi connectivity index (χ1v) is 11.1. The van der Waals surface area contributed by atoms with Gasteiger partial charge in [-0.3, -0.25) is 4.79 Å². The molecule has 1 aliphatic rings. The topological polar surface area (TPSA) is 87.1 Å². The molecule has 0 aliphatic carbocycles. The van der Waals surface area contributed by atoms with Gasteiger partial charge in [0, 0.05) is 11.1 Å². The maximum absolute atomic E-state index is 14.4. The minimum absolute atomic E-state index is 0.0842. The van der Waals surface area contributed by atoms with Gasteiger partial charge in [-0.05, 0) is 48.9 Å². The molecule has 3 atom stereocenters. The number of carbonyl (C=O) groups excluding carboxylic acids is 1. The lowest BCUT2D eigenvalue weighted by atomic mass is 9.97. The van der Waals surface area contributed by atoms with Crippen LogP contribution in [0.4, 0.5) is 17.6 Å². The summed E-state index contributed by atoms with van der Waals surface area (Å²) in [6.07, 6.45) is -7.32. The monoisotopic (exact) mass is 521 g/mol. The van der Waals surface area contributed by atoms with E-state index < -0.39 is 41.8 Å². The lowest BCUT2D eigenvalue weighted by Gasteiger charge is -2.29. The third-order valence-electron chi connectivity index (χ3n) is 6.01. The van der Waals surface area contributed by atoms with E-state index in [-0.39, 0.29) is 40.7 Å². The average molecular weight is 521 g/mol. The molecule has 1 aliphatic heterocycles. The number of aliphatic hydroxyl groups excluding tert-OH is 1. The molecule has 0 spiro atoms. The zero-order chi connectivity index (χ0) is 26.9. The molecule has 0 radical (unpaired) electrons. The highest BCUT2D eigenvalue weighted by Crippen LogP contribution is 2.42. The van der Waals surface area contributed by atoms with E-state index in [2.05, 4.69) is 9.72 Å². The van der Waals surface area contributed by atoms with Crippen LogP contribution in [-0.2, 0) is 15.7 Å². The van der Waals surface area contributed by atoms with Gasteiger partial charge in [0.15, 0.2) is 23.3 Å². The van der Waals surface area contributed by atoms with Crippen molar-refractivity contribution in [3.8, 4) is 28.5 Å². The second-order valence-electron chi connectivity index (χ2n) is 8.36. The van der Waals surface area contributed by atoms with Crippen LogP contribution in [0, 0.1) is 11.7 Å². The van der Waals surface area contributed by atoms with Gasteiger partial charge >= 0.3 is 12.1 Å². The van der Waals surface area contributed by atoms with Gasteiger partial charge < -0.3 is 24.1 Å². The average Bonchev–Trinajstić information content (AvgIpc) is 2.90. The van der Waals surface area contributed by atoms with Crippen LogP contribution in [0.15, 0.2) is 48.5 Å². The van der Waals surface area contributed by atoms with Crippen LogP contribution >= 0.6 is 0 Å². The number of aromatic nitrogens is 1. The quantitative estimate of drug-likeness (QED) is 0.349. The number of aliphatic hydroxyl groups is 1. The summed E-state index contributed by atoms with van der Waals surface area (Å²) >= 11 is 0. The molecule has 1 N–H and O–H groups in total. The van der Waals surface area contributed by atoms with Gasteiger partial charge in [0.25, 0.3) is 0 Å². The number of rotatable bonds is 6. The summed E-state index contributed by atoms with van der Waals surface area (Å²) in [5.41, 5.74) is -1.65. The summed E-state index contributed by atoms with van der Waals surface area (Å²) in [5, 5.41) is 10.5. The summed E-state index contributed by atoms with van der Waals surface area (Å²) < 4.78 is 77.7. The summed E-state index contributed by atoms with van der Waals surface area (Å²) in [5.74, 6) is -1.68. The van der Waals surface area contributed by atoms with Gasteiger partial charge in [-0.25, -0.2) is 9.37 Å². The van der Waals surface area contributed by atoms with Crippen molar-refractivity contribution in [3.05, 3.63) is 71.2 Å². The van der Waals surface area contributed by atoms with Crippen LogP contribution in [0.5, 0.6) is 17.2 Å². The van der Waals surface area contributed by atoms with Crippen molar-refractivity contribution in [2.24, 2.45) is 5.92 Å². The van der Waals surface area contributed by atoms with Gasteiger partial charge in [0.05, 0.1) is 31.9 Å². The molecule has 0 saturated heterocycles. The van der Waals surface area contributed by atoms with Crippen molar-refractivity contribution < 1.29 is 46.4 Å². The van der Waals surface area contributed by atoms with Crippen LogP contribution in [0.2, 0.25) is 0 Å².